The molecule has 0 bridgehead atoms. The van der Waals surface area contributed by atoms with Gasteiger partial charge in [-0.1, -0.05) is 0 Å². The molecule has 9 nitrogen and oxygen atoms in total. The number of fused-ring (bicyclic) bond motifs is 1. The van der Waals surface area contributed by atoms with Gasteiger partial charge in [0.1, 0.15) is 30.2 Å². The summed E-state index contributed by atoms with van der Waals surface area (Å²) in [6, 6.07) is 0. The average molecular weight is 281 g/mol. The second kappa shape index (κ2) is 4.94. The molecule has 1 aliphatic heterocycles. The molecule has 20 heavy (non-hydrogen) atoms. The highest BCUT2D eigenvalue weighted by molar-refractivity contribution is 5.81. The summed E-state index contributed by atoms with van der Waals surface area (Å²) in [5.74, 6) is 0.253. The van der Waals surface area contributed by atoms with E-state index in [1.54, 1.807) is 4.57 Å². The Morgan fingerprint density at radius 2 is 2.25 bits per heavy atom. The Labute approximate surface area is 114 Å². The zero-order valence-electron chi connectivity index (χ0n) is 10.7. The molecule has 0 aliphatic carbocycles. The van der Waals surface area contributed by atoms with Gasteiger partial charge in [-0.3, -0.25) is 4.57 Å². The maximum atomic E-state index is 10.3. The summed E-state index contributed by atoms with van der Waals surface area (Å²) < 4.78 is 12.3. The van der Waals surface area contributed by atoms with Crippen molar-refractivity contribution in [3.8, 4) is 0 Å². The normalized spacial score (nSPS) is 30.1. The Morgan fingerprint density at radius 1 is 1.45 bits per heavy atom. The molecule has 3 heterocycles. The topological polar surface area (TPSA) is 129 Å². The second-order valence-corrected chi connectivity index (χ2v) is 4.52. The van der Waals surface area contributed by atoms with Gasteiger partial charge in [0.2, 0.25) is 0 Å². The number of aliphatic hydroxyl groups excluding tert-OH is 2. The molecule has 0 saturated carbocycles. The maximum absolute atomic E-state index is 10.3. The van der Waals surface area contributed by atoms with Crippen molar-refractivity contribution >= 4 is 17.0 Å². The van der Waals surface area contributed by atoms with Crippen LogP contribution in [0.3, 0.4) is 0 Å². The third-order valence-electron chi connectivity index (χ3n) is 3.42. The van der Waals surface area contributed by atoms with Crippen LogP contribution in [0.1, 0.15) is 6.23 Å². The summed E-state index contributed by atoms with van der Waals surface area (Å²) in [7, 11) is 1.45. The minimum atomic E-state index is -0.953. The molecular formula is C11H15N5O4. The number of rotatable bonds is 3. The van der Waals surface area contributed by atoms with Gasteiger partial charge >= 0.3 is 0 Å². The second-order valence-electron chi connectivity index (χ2n) is 4.52. The molecule has 0 spiro atoms. The number of aromatic nitrogens is 4. The minimum absolute atomic E-state index is 0.253. The molecule has 2 aromatic rings. The lowest BCUT2D eigenvalue weighted by Crippen LogP contribution is -2.35. The first-order chi connectivity index (χ1) is 9.67. The monoisotopic (exact) mass is 281 g/mol. The van der Waals surface area contributed by atoms with Crippen molar-refractivity contribution in [3.05, 3.63) is 12.7 Å². The van der Waals surface area contributed by atoms with Crippen LogP contribution in [-0.4, -0.2) is 61.8 Å². The van der Waals surface area contributed by atoms with Gasteiger partial charge in [0, 0.05) is 7.11 Å². The highest BCUT2D eigenvalue weighted by Gasteiger charge is 2.45. The fourth-order valence-electron chi connectivity index (χ4n) is 2.44. The first kappa shape index (κ1) is 13.2. The van der Waals surface area contributed by atoms with E-state index in [1.807, 2.05) is 0 Å². The molecule has 4 N–H and O–H groups in total. The number of hydrogen-bond donors (Lipinski definition) is 3. The van der Waals surface area contributed by atoms with E-state index < -0.39 is 24.5 Å². The van der Waals surface area contributed by atoms with Crippen LogP contribution < -0.4 is 5.73 Å². The summed E-state index contributed by atoms with van der Waals surface area (Å²) in [4.78, 5) is 12.1. The van der Waals surface area contributed by atoms with Crippen LogP contribution in [0.15, 0.2) is 12.7 Å². The number of imidazole rings is 1. The van der Waals surface area contributed by atoms with Crippen molar-refractivity contribution in [2.45, 2.75) is 24.5 Å². The molecule has 0 unspecified atom stereocenters. The van der Waals surface area contributed by atoms with Crippen LogP contribution in [0.5, 0.6) is 0 Å². The summed E-state index contributed by atoms with van der Waals surface area (Å²) in [6.45, 7) is -0.254. The quantitative estimate of drug-likeness (QED) is 0.631. The molecule has 0 aromatic carbocycles. The van der Waals surface area contributed by atoms with E-state index in [0.717, 1.165) is 0 Å². The van der Waals surface area contributed by atoms with Crippen LogP contribution in [0.25, 0.3) is 11.2 Å². The lowest BCUT2D eigenvalue weighted by atomic mass is 10.1. The number of ether oxygens (including phenoxy) is 2. The number of nitrogens with two attached hydrogens (primary N) is 1. The third kappa shape index (κ3) is 1.83. The molecule has 4 atom stereocenters. The molecule has 1 fully saturated rings. The number of methoxy groups -OCH3 is 1. The van der Waals surface area contributed by atoms with Crippen LogP contribution in [-0.2, 0) is 9.47 Å². The van der Waals surface area contributed by atoms with Crippen molar-refractivity contribution in [3.63, 3.8) is 0 Å². The highest BCUT2D eigenvalue weighted by Crippen LogP contribution is 2.32. The van der Waals surface area contributed by atoms with Gasteiger partial charge < -0.3 is 25.4 Å². The van der Waals surface area contributed by atoms with Gasteiger partial charge in [-0.05, 0) is 0 Å². The van der Waals surface area contributed by atoms with Gasteiger partial charge in [-0.15, -0.1) is 0 Å². The lowest BCUT2D eigenvalue weighted by Gasteiger charge is -2.17. The molecule has 0 amide bonds. The molecular weight excluding hydrogens is 266 g/mol. The molecule has 1 saturated heterocycles. The van der Waals surface area contributed by atoms with Crippen LogP contribution >= 0.6 is 0 Å². The summed E-state index contributed by atoms with van der Waals surface area (Å²) >= 11 is 0. The third-order valence-corrected chi connectivity index (χ3v) is 3.42. The predicted molar refractivity (Wildman–Crippen MR) is 67.5 cm³/mol. The average Bonchev–Trinajstić information content (AvgIpc) is 3.00. The lowest BCUT2D eigenvalue weighted by molar-refractivity contribution is -0.0535. The number of nitrogens with zero attached hydrogens (tertiary/aromatic N) is 4. The predicted octanol–water partition coefficient (Wildman–Crippen LogP) is -1.33. The standard InChI is InChI=1S/C11H15N5O4/c1-19-8-5(2-17)20-11(7(8)18)16-4-15-6-9(12)13-3-14-10(6)16/h3-5,7-8,11,17-18H,2H2,1H3,(H2,12,13,14)/t5-,7+,8+,11-/m1/s1. The summed E-state index contributed by atoms with van der Waals surface area (Å²) in [6.07, 6.45) is -0.162. The largest absolute Gasteiger partial charge is 0.394 e. The number of nitrogen functional groups attached to an aromatic ring is 1. The van der Waals surface area contributed by atoms with Gasteiger partial charge in [0.25, 0.3) is 0 Å². The van der Waals surface area contributed by atoms with Gasteiger partial charge in [0.15, 0.2) is 17.7 Å². The van der Waals surface area contributed by atoms with E-state index >= 15 is 0 Å². The van der Waals surface area contributed by atoms with E-state index in [9.17, 15) is 10.2 Å². The Morgan fingerprint density at radius 3 is 2.90 bits per heavy atom. The van der Waals surface area contributed by atoms with Gasteiger partial charge in [0.05, 0.1) is 12.9 Å². The van der Waals surface area contributed by atoms with Gasteiger partial charge in [-0.2, -0.15) is 0 Å². The Balaban J connectivity index is 2.01. The fraction of sp³-hybridized carbons (Fsp3) is 0.545. The van der Waals surface area contributed by atoms with Crippen molar-refractivity contribution in [2.24, 2.45) is 0 Å². The summed E-state index contributed by atoms with van der Waals surface area (Å²) in [5.41, 5.74) is 6.60. The molecule has 2 aromatic heterocycles. The van der Waals surface area contributed by atoms with Crippen molar-refractivity contribution in [2.75, 3.05) is 19.5 Å². The Kier molecular flexibility index (Phi) is 3.26. The molecule has 9 heteroatoms. The first-order valence-electron chi connectivity index (χ1n) is 6.07. The zero-order valence-corrected chi connectivity index (χ0v) is 10.7. The molecule has 0 radical (unpaired) electrons. The van der Waals surface area contributed by atoms with E-state index in [4.69, 9.17) is 15.2 Å². The highest BCUT2D eigenvalue weighted by atomic mass is 16.6. The molecule has 3 rings (SSSR count). The fourth-order valence-corrected chi connectivity index (χ4v) is 2.44. The Bertz CT molecular complexity index is 618. The van der Waals surface area contributed by atoms with Crippen LogP contribution in [0.4, 0.5) is 5.82 Å². The minimum Gasteiger partial charge on any atom is -0.394 e. The van der Waals surface area contributed by atoms with Crippen LogP contribution in [0.2, 0.25) is 0 Å². The smallest absolute Gasteiger partial charge is 0.167 e. The van der Waals surface area contributed by atoms with Crippen molar-refractivity contribution in [1.29, 1.82) is 0 Å². The van der Waals surface area contributed by atoms with Gasteiger partial charge in [-0.25, -0.2) is 15.0 Å². The van der Waals surface area contributed by atoms with E-state index in [2.05, 4.69) is 15.0 Å². The molecule has 108 valence electrons. The zero-order chi connectivity index (χ0) is 14.3. The van der Waals surface area contributed by atoms with E-state index in [1.165, 1.54) is 19.8 Å². The van der Waals surface area contributed by atoms with E-state index in [0.29, 0.717) is 11.2 Å². The SMILES string of the molecule is CO[C@@H]1[C@H](O)[C@H](n2cnc3c(N)ncnc32)O[C@@H]1CO. The first-order valence-corrected chi connectivity index (χ1v) is 6.07. The van der Waals surface area contributed by atoms with E-state index in [-0.39, 0.29) is 12.4 Å². The Hall–Kier alpha value is -1.81. The summed E-state index contributed by atoms with van der Waals surface area (Å²) in [5, 5.41) is 19.5. The number of anilines is 1. The van der Waals surface area contributed by atoms with Crippen molar-refractivity contribution in [1.82, 2.24) is 19.5 Å². The molecule has 1 aliphatic rings. The van der Waals surface area contributed by atoms with Crippen molar-refractivity contribution < 1.29 is 19.7 Å². The van der Waals surface area contributed by atoms with Crippen LogP contribution in [0, 0.1) is 0 Å². The number of aliphatic hydroxyl groups is 2. The maximum Gasteiger partial charge on any atom is 0.167 e. The number of hydrogen-bond acceptors (Lipinski definition) is 8.